The van der Waals surface area contributed by atoms with Gasteiger partial charge >= 0.3 is 5.97 Å². The highest BCUT2D eigenvalue weighted by molar-refractivity contribution is 5.89. The Morgan fingerprint density at radius 1 is 1.11 bits per heavy atom. The lowest BCUT2D eigenvalue weighted by molar-refractivity contribution is -0.0485. The molecule has 9 nitrogen and oxygen atoms in total. The Bertz CT molecular complexity index is 1380. The number of rotatable bonds is 7. The maximum Gasteiger partial charge on any atom is 0.338 e. The number of anilines is 2. The van der Waals surface area contributed by atoms with Gasteiger partial charge in [0.1, 0.15) is 11.7 Å². The van der Waals surface area contributed by atoms with Crippen molar-refractivity contribution in [3.63, 3.8) is 0 Å². The number of hydrogen-bond donors (Lipinski definition) is 2. The number of aryl methyl sites for hydroxylation is 1. The van der Waals surface area contributed by atoms with Gasteiger partial charge in [0.25, 0.3) is 0 Å². The number of nitrogens with zero attached hydrogens (tertiary/aromatic N) is 4. The van der Waals surface area contributed by atoms with Crippen LogP contribution < -0.4 is 10.1 Å². The van der Waals surface area contributed by atoms with E-state index in [0.29, 0.717) is 48.8 Å². The van der Waals surface area contributed by atoms with E-state index < -0.39 is 5.60 Å². The number of carbonyl (C=O) groups excluding carboxylic acids is 1. The molecule has 0 saturated heterocycles. The zero-order valence-electron chi connectivity index (χ0n) is 20.8. The summed E-state index contributed by atoms with van der Waals surface area (Å²) >= 11 is 0. The topological polar surface area (TPSA) is 111 Å². The number of ether oxygens (including phenoxy) is 2. The Labute approximate surface area is 215 Å². The quantitative estimate of drug-likeness (QED) is 0.352. The molecule has 190 valence electrons. The standard InChI is InChI=1S/C28H29N5O4/c1-19-14-21(31-27-29-13-10-25(32-27)36-2)16-22(15-19)33-17-24(30-18-33)28(35)11-8-23(9-12-28)37-26(34)20-6-4-3-5-7-20/h3-7,10,13-18,23,35H,8-9,11-12H2,1-2H3,(H,29,31,32)/t23-,28+. The Kier molecular flexibility index (Phi) is 6.87. The lowest BCUT2D eigenvalue weighted by atomic mass is 9.81. The van der Waals surface area contributed by atoms with Gasteiger partial charge in [-0.15, -0.1) is 0 Å². The van der Waals surface area contributed by atoms with Crippen molar-refractivity contribution < 1.29 is 19.4 Å². The SMILES string of the molecule is COc1ccnc(Nc2cc(C)cc(-n3cnc([C@]4(O)CC[C@@H](OC(=O)c5ccccc5)CC4)c3)c2)n1. The molecule has 2 aromatic heterocycles. The molecule has 1 fully saturated rings. The Morgan fingerprint density at radius 3 is 2.65 bits per heavy atom. The normalized spacial score (nSPS) is 19.3. The summed E-state index contributed by atoms with van der Waals surface area (Å²) < 4.78 is 12.7. The molecule has 0 atom stereocenters. The van der Waals surface area contributed by atoms with Crippen LogP contribution in [-0.4, -0.2) is 43.8 Å². The van der Waals surface area contributed by atoms with Crippen molar-refractivity contribution in [1.29, 1.82) is 0 Å². The number of esters is 1. The van der Waals surface area contributed by atoms with Crippen LogP contribution in [0.3, 0.4) is 0 Å². The third-order valence-electron chi connectivity index (χ3n) is 6.56. The number of aliphatic hydroxyl groups is 1. The summed E-state index contributed by atoms with van der Waals surface area (Å²) in [5.41, 5.74) is 2.81. The maximum absolute atomic E-state index is 12.4. The minimum Gasteiger partial charge on any atom is -0.481 e. The average Bonchev–Trinajstić information content (AvgIpc) is 3.42. The number of imidazole rings is 1. The number of carbonyl (C=O) groups is 1. The van der Waals surface area contributed by atoms with Crippen molar-refractivity contribution in [2.24, 2.45) is 0 Å². The van der Waals surface area contributed by atoms with Crippen molar-refractivity contribution in [2.75, 3.05) is 12.4 Å². The molecule has 1 saturated carbocycles. The summed E-state index contributed by atoms with van der Waals surface area (Å²) in [6.45, 7) is 2.00. The molecule has 0 radical (unpaired) electrons. The second-order valence-corrected chi connectivity index (χ2v) is 9.27. The first-order chi connectivity index (χ1) is 17.9. The third-order valence-corrected chi connectivity index (χ3v) is 6.56. The number of aromatic nitrogens is 4. The summed E-state index contributed by atoms with van der Waals surface area (Å²) in [6.07, 6.45) is 7.04. The van der Waals surface area contributed by atoms with Crippen molar-refractivity contribution >= 4 is 17.6 Å². The molecule has 0 bridgehead atoms. The zero-order chi connectivity index (χ0) is 25.8. The zero-order valence-corrected chi connectivity index (χ0v) is 20.8. The van der Waals surface area contributed by atoms with E-state index in [9.17, 15) is 9.90 Å². The smallest absolute Gasteiger partial charge is 0.338 e. The molecule has 0 aliphatic heterocycles. The highest BCUT2D eigenvalue weighted by Gasteiger charge is 2.38. The van der Waals surface area contributed by atoms with Crippen LogP contribution in [0.1, 0.15) is 47.3 Å². The number of benzene rings is 2. The molecule has 2 N–H and O–H groups in total. The molecule has 1 aliphatic rings. The number of hydrogen-bond acceptors (Lipinski definition) is 8. The summed E-state index contributed by atoms with van der Waals surface area (Å²) in [5.74, 6) is 0.576. The third kappa shape index (κ3) is 5.62. The molecule has 0 amide bonds. The molecule has 2 aromatic carbocycles. The van der Waals surface area contributed by atoms with E-state index in [1.807, 2.05) is 54.1 Å². The lowest BCUT2D eigenvalue weighted by Crippen LogP contribution is -2.35. The molecule has 9 heteroatoms. The monoisotopic (exact) mass is 499 g/mol. The van der Waals surface area contributed by atoms with Crippen LogP contribution in [0.4, 0.5) is 11.6 Å². The predicted octanol–water partition coefficient (Wildman–Crippen LogP) is 4.71. The fourth-order valence-corrected chi connectivity index (χ4v) is 4.57. The minimum absolute atomic E-state index is 0.223. The van der Waals surface area contributed by atoms with Crippen LogP contribution in [0, 0.1) is 6.92 Å². The molecular formula is C28H29N5O4. The van der Waals surface area contributed by atoms with Crippen LogP contribution in [0.15, 0.2) is 73.3 Å². The van der Waals surface area contributed by atoms with Crippen LogP contribution in [0.5, 0.6) is 5.88 Å². The van der Waals surface area contributed by atoms with Gasteiger partial charge in [0.05, 0.1) is 24.7 Å². The molecule has 5 rings (SSSR count). The van der Waals surface area contributed by atoms with Gasteiger partial charge in [0.15, 0.2) is 0 Å². The van der Waals surface area contributed by atoms with Crippen LogP contribution in [-0.2, 0) is 10.3 Å². The largest absolute Gasteiger partial charge is 0.481 e. The van der Waals surface area contributed by atoms with Crippen LogP contribution in [0.25, 0.3) is 5.69 Å². The molecule has 0 unspecified atom stereocenters. The molecule has 0 spiro atoms. The van der Waals surface area contributed by atoms with E-state index in [4.69, 9.17) is 9.47 Å². The summed E-state index contributed by atoms with van der Waals surface area (Å²) in [7, 11) is 1.56. The summed E-state index contributed by atoms with van der Waals surface area (Å²) in [6, 6.07) is 16.6. The fourth-order valence-electron chi connectivity index (χ4n) is 4.57. The first-order valence-electron chi connectivity index (χ1n) is 12.2. The van der Waals surface area contributed by atoms with Gasteiger partial charge in [-0.05, 0) is 68.5 Å². The molecule has 2 heterocycles. The molecule has 37 heavy (non-hydrogen) atoms. The van der Waals surface area contributed by atoms with Crippen molar-refractivity contribution in [2.45, 2.75) is 44.3 Å². The average molecular weight is 500 g/mol. The van der Waals surface area contributed by atoms with Crippen molar-refractivity contribution in [1.82, 2.24) is 19.5 Å². The first-order valence-corrected chi connectivity index (χ1v) is 12.2. The van der Waals surface area contributed by atoms with E-state index in [1.165, 1.54) is 0 Å². The second-order valence-electron chi connectivity index (χ2n) is 9.27. The van der Waals surface area contributed by atoms with Gasteiger partial charge in [-0.3, -0.25) is 0 Å². The van der Waals surface area contributed by atoms with Crippen LogP contribution in [0.2, 0.25) is 0 Å². The van der Waals surface area contributed by atoms with Gasteiger partial charge in [-0.1, -0.05) is 18.2 Å². The highest BCUT2D eigenvalue weighted by atomic mass is 16.5. The van der Waals surface area contributed by atoms with Gasteiger partial charge in [-0.25, -0.2) is 14.8 Å². The number of nitrogens with one attached hydrogen (secondary N) is 1. The van der Waals surface area contributed by atoms with E-state index in [2.05, 4.69) is 20.3 Å². The number of methoxy groups -OCH3 is 1. The lowest BCUT2D eigenvalue weighted by Gasteiger charge is -2.34. The maximum atomic E-state index is 12.4. The Morgan fingerprint density at radius 2 is 1.89 bits per heavy atom. The Hall–Kier alpha value is -4.24. The van der Waals surface area contributed by atoms with Gasteiger partial charge in [-0.2, -0.15) is 4.98 Å². The molecule has 4 aromatic rings. The molecular weight excluding hydrogens is 470 g/mol. The van der Waals surface area contributed by atoms with Crippen LogP contribution >= 0.6 is 0 Å². The highest BCUT2D eigenvalue weighted by Crippen LogP contribution is 2.38. The van der Waals surface area contributed by atoms with Gasteiger partial charge < -0.3 is 24.5 Å². The van der Waals surface area contributed by atoms with E-state index >= 15 is 0 Å². The fraction of sp³-hybridized carbons (Fsp3) is 0.286. The van der Waals surface area contributed by atoms with Gasteiger partial charge in [0.2, 0.25) is 11.8 Å². The Balaban J connectivity index is 1.26. The van der Waals surface area contributed by atoms with Gasteiger partial charge in [0, 0.05) is 29.8 Å². The van der Waals surface area contributed by atoms with E-state index in [0.717, 1.165) is 16.9 Å². The van der Waals surface area contributed by atoms with Crippen molar-refractivity contribution in [3.05, 3.63) is 90.1 Å². The molecule has 1 aliphatic carbocycles. The predicted molar refractivity (Wildman–Crippen MR) is 138 cm³/mol. The summed E-state index contributed by atoms with van der Waals surface area (Å²) in [4.78, 5) is 25.5. The summed E-state index contributed by atoms with van der Waals surface area (Å²) in [5, 5.41) is 14.6. The second kappa shape index (κ2) is 10.4. The first kappa shape index (κ1) is 24.5. The van der Waals surface area contributed by atoms with Crippen molar-refractivity contribution in [3.8, 4) is 11.6 Å². The minimum atomic E-state index is -1.07. The van der Waals surface area contributed by atoms with E-state index in [-0.39, 0.29) is 12.1 Å². The van der Waals surface area contributed by atoms with E-state index in [1.54, 1.807) is 37.8 Å².